The SMILES string of the molecule is C[C@@H](O)[C@H]1C(=O)N2C(C(=O)[O-])=C(Sc3nc(-c4cccc(C[N+]5(C)CCCC5)c4)cs3)[C@H](C)[C@H]12. The zero-order valence-electron chi connectivity index (χ0n) is 19.6. The summed E-state index contributed by atoms with van der Waals surface area (Å²) in [6.45, 7) is 6.91. The molecule has 0 unspecified atom stereocenters. The highest BCUT2D eigenvalue weighted by atomic mass is 32.2. The highest BCUT2D eigenvalue weighted by Crippen LogP contribution is 2.52. The summed E-state index contributed by atoms with van der Waals surface area (Å²) in [6.07, 6.45) is 1.74. The number of aliphatic hydroxyl groups is 1. The van der Waals surface area contributed by atoms with Gasteiger partial charge < -0.3 is 24.4 Å². The van der Waals surface area contributed by atoms with Gasteiger partial charge in [0.15, 0.2) is 4.34 Å². The second-order valence-electron chi connectivity index (χ2n) is 9.99. The number of aliphatic carboxylic acids is 1. The number of aromatic nitrogens is 1. The lowest BCUT2D eigenvalue weighted by Gasteiger charge is -2.47. The van der Waals surface area contributed by atoms with E-state index in [-0.39, 0.29) is 23.6 Å². The van der Waals surface area contributed by atoms with Crippen LogP contribution in [0.3, 0.4) is 0 Å². The largest absolute Gasteiger partial charge is 0.543 e. The van der Waals surface area contributed by atoms with Gasteiger partial charge in [-0.25, -0.2) is 4.98 Å². The number of carbonyl (C=O) groups is 2. The number of carboxylic acids is 1. The van der Waals surface area contributed by atoms with Gasteiger partial charge in [0, 0.05) is 40.2 Å². The molecule has 1 aromatic carbocycles. The highest BCUT2D eigenvalue weighted by Gasteiger charge is 2.58. The summed E-state index contributed by atoms with van der Waals surface area (Å²) in [7, 11) is 2.32. The molecule has 0 radical (unpaired) electrons. The topological polar surface area (TPSA) is 93.6 Å². The lowest BCUT2D eigenvalue weighted by atomic mass is 9.79. The molecule has 4 heterocycles. The summed E-state index contributed by atoms with van der Waals surface area (Å²) in [6, 6.07) is 8.15. The van der Waals surface area contributed by atoms with E-state index >= 15 is 0 Å². The Bertz CT molecular complexity index is 1170. The molecule has 0 spiro atoms. The third-order valence-corrected chi connectivity index (χ3v) is 9.64. The summed E-state index contributed by atoms with van der Waals surface area (Å²) in [5.74, 6) is -2.52. The van der Waals surface area contributed by atoms with Crippen molar-refractivity contribution in [2.45, 2.75) is 49.7 Å². The van der Waals surface area contributed by atoms with E-state index < -0.39 is 18.0 Å². The molecule has 1 aromatic heterocycles. The highest BCUT2D eigenvalue weighted by molar-refractivity contribution is 8.04. The molecule has 1 N–H and O–H groups in total. The number of nitrogens with zero attached hydrogens (tertiary/aromatic N) is 3. The first-order valence-corrected chi connectivity index (χ1v) is 13.4. The van der Waals surface area contributed by atoms with Gasteiger partial charge in [-0.2, -0.15) is 0 Å². The number of thioether (sulfide) groups is 1. The van der Waals surface area contributed by atoms with Gasteiger partial charge in [-0.3, -0.25) is 4.79 Å². The Morgan fingerprint density at radius 2 is 2.12 bits per heavy atom. The van der Waals surface area contributed by atoms with Crippen molar-refractivity contribution < 1.29 is 24.3 Å². The van der Waals surface area contributed by atoms with Crippen LogP contribution in [-0.2, 0) is 16.1 Å². The van der Waals surface area contributed by atoms with Crippen LogP contribution < -0.4 is 5.11 Å². The number of benzene rings is 1. The first-order chi connectivity index (χ1) is 16.2. The van der Waals surface area contributed by atoms with Crippen molar-refractivity contribution in [2.75, 3.05) is 20.1 Å². The first-order valence-electron chi connectivity index (χ1n) is 11.7. The van der Waals surface area contributed by atoms with Crippen LogP contribution in [0.25, 0.3) is 11.3 Å². The number of quaternary nitrogens is 1. The van der Waals surface area contributed by atoms with Crippen LogP contribution in [0, 0.1) is 11.8 Å². The summed E-state index contributed by atoms with van der Waals surface area (Å²) in [4.78, 5) is 31.1. The molecule has 0 bridgehead atoms. The van der Waals surface area contributed by atoms with Crippen molar-refractivity contribution in [2.24, 2.45) is 11.8 Å². The van der Waals surface area contributed by atoms with Gasteiger partial charge in [-0.15, -0.1) is 11.3 Å². The van der Waals surface area contributed by atoms with E-state index in [4.69, 9.17) is 4.98 Å². The third-order valence-electron chi connectivity index (χ3n) is 7.42. The Labute approximate surface area is 207 Å². The molecular weight excluding hydrogens is 470 g/mol. The first kappa shape index (κ1) is 23.5. The molecule has 0 aliphatic carbocycles. The molecule has 180 valence electrons. The molecule has 0 saturated carbocycles. The van der Waals surface area contributed by atoms with Crippen LogP contribution in [0.5, 0.6) is 0 Å². The zero-order chi connectivity index (χ0) is 24.2. The average Bonchev–Trinajstić information content (AvgIpc) is 3.47. The number of β-lactam (4-membered cyclic amide) rings is 1. The fourth-order valence-electron chi connectivity index (χ4n) is 5.70. The molecule has 3 aliphatic rings. The molecule has 4 atom stereocenters. The van der Waals surface area contributed by atoms with Crippen LogP contribution in [0.2, 0.25) is 0 Å². The van der Waals surface area contributed by atoms with Gasteiger partial charge in [0.05, 0.1) is 55.6 Å². The number of rotatable bonds is 7. The molecule has 7 nitrogen and oxygen atoms in total. The maximum atomic E-state index is 12.5. The summed E-state index contributed by atoms with van der Waals surface area (Å²) >= 11 is 2.76. The molecule has 9 heteroatoms. The van der Waals surface area contributed by atoms with Gasteiger partial charge in [0.25, 0.3) is 0 Å². The minimum atomic E-state index is -1.36. The Morgan fingerprint density at radius 1 is 1.38 bits per heavy atom. The van der Waals surface area contributed by atoms with E-state index in [1.165, 1.54) is 59.5 Å². The van der Waals surface area contributed by atoms with Gasteiger partial charge >= 0.3 is 0 Å². The van der Waals surface area contributed by atoms with Crippen molar-refractivity contribution in [3.63, 3.8) is 0 Å². The smallest absolute Gasteiger partial charge is 0.235 e. The molecule has 34 heavy (non-hydrogen) atoms. The lowest BCUT2D eigenvalue weighted by Crippen LogP contribution is -2.64. The number of carbonyl (C=O) groups excluding carboxylic acids is 2. The van der Waals surface area contributed by atoms with Gasteiger partial charge in [-0.05, 0) is 13.0 Å². The predicted octanol–water partition coefficient (Wildman–Crippen LogP) is 2.46. The van der Waals surface area contributed by atoms with Crippen molar-refractivity contribution in [1.82, 2.24) is 9.88 Å². The number of likely N-dealkylation sites (tertiary alicyclic amines) is 1. The van der Waals surface area contributed by atoms with Crippen LogP contribution in [0.15, 0.2) is 44.6 Å². The molecule has 5 rings (SSSR count). The average molecular weight is 500 g/mol. The van der Waals surface area contributed by atoms with E-state index in [0.29, 0.717) is 4.91 Å². The quantitative estimate of drug-likeness (QED) is 0.465. The minimum Gasteiger partial charge on any atom is -0.543 e. The maximum Gasteiger partial charge on any atom is 0.235 e. The number of hydrogen-bond acceptors (Lipinski definition) is 7. The number of carboxylic acid groups (broad SMARTS) is 1. The fourth-order valence-corrected chi connectivity index (χ4v) is 7.80. The Balaban J connectivity index is 1.37. The Hall–Kier alpha value is -2.20. The van der Waals surface area contributed by atoms with E-state index in [2.05, 4.69) is 31.3 Å². The zero-order valence-corrected chi connectivity index (χ0v) is 21.2. The molecule has 2 saturated heterocycles. The monoisotopic (exact) mass is 499 g/mol. The van der Waals surface area contributed by atoms with E-state index in [0.717, 1.165) is 26.6 Å². The second-order valence-corrected chi connectivity index (χ2v) is 12.1. The molecule has 1 amide bonds. The van der Waals surface area contributed by atoms with Gasteiger partial charge in [-0.1, -0.05) is 36.9 Å². The molecule has 3 aliphatic heterocycles. The Kier molecular flexibility index (Phi) is 6.08. The third kappa shape index (κ3) is 3.98. The normalized spacial score (nSPS) is 26.5. The molecule has 2 fully saturated rings. The van der Waals surface area contributed by atoms with Crippen LogP contribution in [0.4, 0.5) is 0 Å². The van der Waals surface area contributed by atoms with Gasteiger partial charge in [0.2, 0.25) is 5.91 Å². The fraction of sp³-hybridized carbons (Fsp3) is 0.480. The van der Waals surface area contributed by atoms with Crippen molar-refractivity contribution >= 4 is 35.0 Å². The van der Waals surface area contributed by atoms with Crippen LogP contribution in [-0.4, -0.2) is 63.6 Å². The number of thiazole rings is 1. The summed E-state index contributed by atoms with van der Waals surface area (Å²) in [5, 5.41) is 23.9. The van der Waals surface area contributed by atoms with Crippen molar-refractivity contribution in [3.8, 4) is 11.3 Å². The lowest BCUT2D eigenvalue weighted by molar-refractivity contribution is -0.910. The standard InChI is InChI=1S/C25H29N3O4S2/c1-14-20-19(15(2)29)23(30)27(20)21(24(31)32)22(14)34-25-26-18(13-33-25)17-8-6-7-16(11-17)12-28(3)9-4-5-10-28/h6-8,11,13-15,19-20,29H,4-5,9-10,12H2,1-3H3/t14-,15-,19-,20-/m1/s1. The second kappa shape index (κ2) is 8.78. The summed E-state index contributed by atoms with van der Waals surface area (Å²) in [5.41, 5.74) is 3.13. The molecular formula is C25H29N3O4S2. The number of aliphatic hydroxyl groups excluding tert-OH is 1. The number of amides is 1. The van der Waals surface area contributed by atoms with E-state index in [9.17, 15) is 19.8 Å². The number of hydrogen-bond donors (Lipinski definition) is 1. The maximum absolute atomic E-state index is 12.5. The van der Waals surface area contributed by atoms with Crippen molar-refractivity contribution in [3.05, 3.63) is 45.8 Å². The van der Waals surface area contributed by atoms with Crippen molar-refractivity contribution in [1.29, 1.82) is 0 Å². The minimum absolute atomic E-state index is 0.0780. The van der Waals surface area contributed by atoms with E-state index in [1.54, 1.807) is 6.92 Å². The van der Waals surface area contributed by atoms with Crippen LogP contribution in [0.1, 0.15) is 32.3 Å². The van der Waals surface area contributed by atoms with Crippen LogP contribution >= 0.6 is 23.1 Å². The summed E-state index contributed by atoms with van der Waals surface area (Å²) < 4.78 is 1.80. The predicted molar refractivity (Wildman–Crippen MR) is 129 cm³/mol. The number of fused-ring (bicyclic) bond motifs is 1. The van der Waals surface area contributed by atoms with E-state index in [1.807, 2.05) is 12.3 Å². The molecule has 2 aromatic rings. The van der Waals surface area contributed by atoms with Gasteiger partial charge in [0.1, 0.15) is 6.54 Å². The Morgan fingerprint density at radius 3 is 2.79 bits per heavy atom.